The maximum atomic E-state index is 12.6. The van der Waals surface area contributed by atoms with E-state index in [-0.39, 0.29) is 11.8 Å². The Balaban J connectivity index is 1.76. The van der Waals surface area contributed by atoms with Crippen LogP contribution in [0.1, 0.15) is 30.1 Å². The summed E-state index contributed by atoms with van der Waals surface area (Å²) in [6, 6.07) is 10.4. The third kappa shape index (κ3) is 4.40. The van der Waals surface area contributed by atoms with Crippen LogP contribution in [-0.2, 0) is 4.79 Å². The zero-order valence-electron chi connectivity index (χ0n) is 15.9. The maximum absolute atomic E-state index is 12.6. The molecule has 0 spiro atoms. The molecule has 3 aromatic rings. The minimum absolute atomic E-state index is 0.0523. The summed E-state index contributed by atoms with van der Waals surface area (Å²) >= 11 is 1.37. The minimum Gasteiger partial charge on any atom is -0.493 e. The van der Waals surface area contributed by atoms with Crippen molar-refractivity contribution in [2.45, 2.75) is 19.8 Å². The van der Waals surface area contributed by atoms with Crippen molar-refractivity contribution < 1.29 is 19.1 Å². The lowest BCUT2D eigenvalue weighted by molar-refractivity contribution is -0.116. The topological polar surface area (TPSA) is 89.6 Å². The van der Waals surface area contributed by atoms with Crippen molar-refractivity contribution in [3.05, 3.63) is 42.0 Å². The minimum atomic E-state index is -0.263. The lowest BCUT2D eigenvalue weighted by Gasteiger charge is -2.10. The van der Waals surface area contributed by atoms with Crippen molar-refractivity contribution >= 4 is 44.2 Å². The van der Waals surface area contributed by atoms with Crippen LogP contribution >= 0.6 is 11.3 Å². The fourth-order valence-corrected chi connectivity index (χ4v) is 3.57. The molecule has 0 aliphatic rings. The largest absolute Gasteiger partial charge is 0.493 e. The average Bonchev–Trinajstić information content (AvgIpc) is 3.08. The number of amides is 2. The second kappa shape index (κ2) is 8.71. The van der Waals surface area contributed by atoms with Crippen LogP contribution in [0.4, 0.5) is 10.8 Å². The Kier molecular flexibility index (Phi) is 6.10. The molecule has 2 amide bonds. The Morgan fingerprint density at radius 1 is 1.04 bits per heavy atom. The van der Waals surface area contributed by atoms with Crippen LogP contribution in [0.25, 0.3) is 10.2 Å². The van der Waals surface area contributed by atoms with Gasteiger partial charge in [-0.05, 0) is 42.8 Å². The molecule has 0 saturated carbocycles. The first kappa shape index (κ1) is 19.6. The van der Waals surface area contributed by atoms with Crippen LogP contribution in [0, 0.1) is 0 Å². The van der Waals surface area contributed by atoms with Gasteiger partial charge in [-0.2, -0.15) is 0 Å². The summed E-state index contributed by atoms with van der Waals surface area (Å²) in [7, 11) is 3.06. The normalized spacial score (nSPS) is 10.5. The Morgan fingerprint density at radius 3 is 2.54 bits per heavy atom. The van der Waals surface area contributed by atoms with Crippen LogP contribution in [0.3, 0.4) is 0 Å². The van der Waals surface area contributed by atoms with E-state index in [0.717, 1.165) is 16.6 Å². The molecule has 7 nitrogen and oxygen atoms in total. The molecule has 1 aromatic heterocycles. The van der Waals surface area contributed by atoms with E-state index in [0.29, 0.717) is 34.3 Å². The molecule has 0 saturated heterocycles. The summed E-state index contributed by atoms with van der Waals surface area (Å²) in [5.41, 5.74) is 1.86. The monoisotopic (exact) mass is 399 g/mol. The standard InChI is InChI=1S/C20H21N3O4S/c1-4-5-18(24)23-20-22-14-8-7-13(11-17(14)28-20)21-19(25)12-6-9-15(26-2)16(10-12)27-3/h6-11H,4-5H2,1-3H3,(H,21,25)(H,22,23,24). The second-order valence-electron chi connectivity index (χ2n) is 6.02. The van der Waals surface area contributed by atoms with Gasteiger partial charge in [0.2, 0.25) is 5.91 Å². The van der Waals surface area contributed by atoms with Gasteiger partial charge in [0, 0.05) is 17.7 Å². The molecule has 0 aliphatic heterocycles. The third-order valence-electron chi connectivity index (χ3n) is 4.02. The predicted molar refractivity (Wildman–Crippen MR) is 111 cm³/mol. The summed E-state index contributed by atoms with van der Waals surface area (Å²) in [6.45, 7) is 1.95. The fourth-order valence-electron chi connectivity index (χ4n) is 2.65. The van der Waals surface area contributed by atoms with Gasteiger partial charge in [0.1, 0.15) is 0 Å². The molecular formula is C20H21N3O4S. The van der Waals surface area contributed by atoms with Gasteiger partial charge in [0.05, 0.1) is 24.4 Å². The Bertz CT molecular complexity index is 1020. The second-order valence-corrected chi connectivity index (χ2v) is 7.05. The molecule has 0 unspecified atom stereocenters. The zero-order valence-corrected chi connectivity index (χ0v) is 16.7. The van der Waals surface area contributed by atoms with Gasteiger partial charge >= 0.3 is 0 Å². The van der Waals surface area contributed by atoms with Crippen LogP contribution < -0.4 is 20.1 Å². The van der Waals surface area contributed by atoms with Gasteiger partial charge in [-0.25, -0.2) is 4.98 Å². The molecule has 1 heterocycles. The molecule has 2 aromatic carbocycles. The lowest BCUT2D eigenvalue weighted by atomic mass is 10.2. The number of carbonyl (C=O) groups excluding carboxylic acids is 2. The molecule has 2 N–H and O–H groups in total. The number of thiazole rings is 1. The summed E-state index contributed by atoms with van der Waals surface area (Å²) in [4.78, 5) is 28.7. The summed E-state index contributed by atoms with van der Waals surface area (Å²) in [5, 5.41) is 6.22. The Morgan fingerprint density at radius 2 is 1.82 bits per heavy atom. The molecule has 0 aliphatic carbocycles. The molecule has 3 rings (SSSR count). The van der Waals surface area contributed by atoms with E-state index in [2.05, 4.69) is 15.6 Å². The number of nitrogens with zero attached hydrogens (tertiary/aromatic N) is 1. The molecule has 146 valence electrons. The number of fused-ring (bicyclic) bond motifs is 1. The van der Waals surface area contributed by atoms with E-state index in [1.165, 1.54) is 18.4 Å². The van der Waals surface area contributed by atoms with E-state index in [9.17, 15) is 9.59 Å². The van der Waals surface area contributed by atoms with Crippen LogP contribution in [0.2, 0.25) is 0 Å². The van der Waals surface area contributed by atoms with E-state index in [4.69, 9.17) is 9.47 Å². The SMILES string of the molecule is CCCC(=O)Nc1nc2ccc(NC(=O)c3ccc(OC)c(OC)c3)cc2s1. The van der Waals surface area contributed by atoms with Crippen LogP contribution in [-0.4, -0.2) is 31.0 Å². The van der Waals surface area contributed by atoms with Gasteiger partial charge in [0.25, 0.3) is 5.91 Å². The van der Waals surface area contributed by atoms with Crippen molar-refractivity contribution in [2.24, 2.45) is 0 Å². The summed E-state index contributed by atoms with van der Waals surface area (Å²) < 4.78 is 11.3. The maximum Gasteiger partial charge on any atom is 0.255 e. The highest BCUT2D eigenvalue weighted by Gasteiger charge is 2.12. The zero-order chi connectivity index (χ0) is 20.1. The number of rotatable bonds is 7. The predicted octanol–water partition coefficient (Wildman–Crippen LogP) is 4.30. The van der Waals surface area contributed by atoms with Gasteiger partial charge in [0.15, 0.2) is 16.6 Å². The third-order valence-corrected chi connectivity index (χ3v) is 4.95. The summed E-state index contributed by atoms with van der Waals surface area (Å²) in [5.74, 6) is 0.730. The Hall–Kier alpha value is -3.13. The number of carbonyl (C=O) groups is 2. The number of ether oxygens (including phenoxy) is 2. The molecular weight excluding hydrogens is 378 g/mol. The van der Waals surface area contributed by atoms with Crippen LogP contribution in [0.15, 0.2) is 36.4 Å². The fraction of sp³-hybridized carbons (Fsp3) is 0.250. The van der Waals surface area contributed by atoms with E-state index >= 15 is 0 Å². The van der Waals surface area contributed by atoms with E-state index < -0.39 is 0 Å². The molecule has 8 heteroatoms. The van der Waals surface area contributed by atoms with Crippen molar-refractivity contribution in [2.75, 3.05) is 24.9 Å². The number of benzene rings is 2. The smallest absolute Gasteiger partial charge is 0.255 e. The first-order valence-electron chi connectivity index (χ1n) is 8.78. The Labute approximate surface area is 166 Å². The van der Waals surface area contributed by atoms with Crippen molar-refractivity contribution in [3.8, 4) is 11.5 Å². The molecule has 0 radical (unpaired) electrons. The highest BCUT2D eigenvalue weighted by molar-refractivity contribution is 7.22. The van der Waals surface area contributed by atoms with Gasteiger partial charge < -0.3 is 20.1 Å². The van der Waals surface area contributed by atoms with Gasteiger partial charge in [-0.1, -0.05) is 18.3 Å². The summed E-state index contributed by atoms with van der Waals surface area (Å²) in [6.07, 6.45) is 1.24. The van der Waals surface area contributed by atoms with Gasteiger partial charge in [-0.15, -0.1) is 0 Å². The number of anilines is 2. The lowest BCUT2D eigenvalue weighted by Crippen LogP contribution is -2.12. The number of hydrogen-bond acceptors (Lipinski definition) is 6. The van der Waals surface area contributed by atoms with Crippen molar-refractivity contribution in [1.29, 1.82) is 0 Å². The first-order chi connectivity index (χ1) is 13.5. The first-order valence-corrected chi connectivity index (χ1v) is 9.59. The highest BCUT2D eigenvalue weighted by Crippen LogP contribution is 2.30. The highest BCUT2D eigenvalue weighted by atomic mass is 32.1. The quantitative estimate of drug-likeness (QED) is 0.618. The molecule has 28 heavy (non-hydrogen) atoms. The van der Waals surface area contributed by atoms with Crippen molar-refractivity contribution in [3.63, 3.8) is 0 Å². The van der Waals surface area contributed by atoms with Crippen molar-refractivity contribution in [1.82, 2.24) is 4.98 Å². The van der Waals surface area contributed by atoms with Crippen LogP contribution in [0.5, 0.6) is 11.5 Å². The number of methoxy groups -OCH3 is 2. The van der Waals surface area contributed by atoms with Gasteiger partial charge in [-0.3, -0.25) is 9.59 Å². The number of aromatic nitrogens is 1. The number of nitrogens with one attached hydrogen (secondary N) is 2. The van der Waals surface area contributed by atoms with E-state index in [1.54, 1.807) is 31.4 Å². The molecule has 0 atom stereocenters. The average molecular weight is 399 g/mol. The molecule has 0 fully saturated rings. The van der Waals surface area contributed by atoms with E-state index in [1.807, 2.05) is 19.1 Å². The number of hydrogen-bond donors (Lipinski definition) is 2. The molecule has 0 bridgehead atoms.